The molecule has 3 rings (SSSR count). The number of nitrogens with two attached hydrogens (primary N) is 1. The van der Waals surface area contributed by atoms with Crippen LogP contribution in [0.5, 0.6) is 0 Å². The Morgan fingerprint density at radius 2 is 1.15 bits per heavy atom. The summed E-state index contributed by atoms with van der Waals surface area (Å²) in [5, 5.41) is 11.7. The van der Waals surface area contributed by atoms with Crippen LogP contribution in [0.3, 0.4) is 0 Å². The zero-order chi connectivity index (χ0) is 24.9. The number of aliphatic imine (C=N–C) groups is 1. The molecule has 0 saturated carbocycles. The SMILES string of the molecule is N=C(O/N=C(/N=C(N)c1ccc(C(F)(F)F)cc1)c1ccccc1)c1ccc(C(F)(F)F)cc1. The number of nitrogens with one attached hydrogen (secondary N) is 1. The van der Waals surface area contributed by atoms with E-state index in [4.69, 9.17) is 16.0 Å². The van der Waals surface area contributed by atoms with Crippen LogP contribution < -0.4 is 5.73 Å². The number of benzene rings is 3. The first-order valence-electron chi connectivity index (χ1n) is 9.53. The molecule has 0 radical (unpaired) electrons. The molecular weight excluding hydrogens is 462 g/mol. The molecule has 11 heteroatoms. The summed E-state index contributed by atoms with van der Waals surface area (Å²) in [5.74, 6) is -0.818. The summed E-state index contributed by atoms with van der Waals surface area (Å²) < 4.78 is 76.5. The van der Waals surface area contributed by atoms with Gasteiger partial charge in [-0.1, -0.05) is 47.6 Å². The van der Waals surface area contributed by atoms with Crippen LogP contribution >= 0.6 is 0 Å². The summed E-state index contributed by atoms with van der Waals surface area (Å²) >= 11 is 0. The normalized spacial score (nSPS) is 13.0. The molecule has 0 atom stereocenters. The van der Waals surface area contributed by atoms with Gasteiger partial charge in [0, 0.05) is 16.7 Å². The zero-order valence-electron chi connectivity index (χ0n) is 17.2. The number of nitrogens with zero attached hydrogens (tertiary/aromatic N) is 2. The van der Waals surface area contributed by atoms with E-state index in [1.54, 1.807) is 30.3 Å². The van der Waals surface area contributed by atoms with Crippen molar-refractivity contribution in [2.24, 2.45) is 15.9 Å². The molecule has 176 valence electrons. The molecule has 0 aliphatic rings. The van der Waals surface area contributed by atoms with Crippen LogP contribution in [0, 0.1) is 5.41 Å². The van der Waals surface area contributed by atoms with Crippen molar-refractivity contribution in [3.63, 3.8) is 0 Å². The number of amidine groups is 2. The van der Waals surface area contributed by atoms with Gasteiger partial charge in [-0.15, -0.1) is 0 Å². The molecule has 3 aromatic carbocycles. The first kappa shape index (κ1) is 24.5. The highest BCUT2D eigenvalue weighted by atomic mass is 19.4. The number of hydrogen-bond donors (Lipinski definition) is 2. The smallest absolute Gasteiger partial charge is 0.383 e. The molecule has 3 N–H and O–H groups in total. The highest BCUT2D eigenvalue weighted by Crippen LogP contribution is 2.30. The van der Waals surface area contributed by atoms with Crippen LogP contribution in [-0.4, -0.2) is 17.6 Å². The molecule has 0 aliphatic carbocycles. The van der Waals surface area contributed by atoms with Gasteiger partial charge in [0.05, 0.1) is 11.1 Å². The van der Waals surface area contributed by atoms with E-state index < -0.39 is 29.4 Å². The Kier molecular flexibility index (Phi) is 7.04. The number of oxime groups is 1. The third-order valence-corrected chi connectivity index (χ3v) is 4.46. The van der Waals surface area contributed by atoms with E-state index in [9.17, 15) is 26.3 Å². The van der Waals surface area contributed by atoms with Gasteiger partial charge in [0.2, 0.25) is 11.7 Å². The molecule has 0 heterocycles. The van der Waals surface area contributed by atoms with Gasteiger partial charge in [0.25, 0.3) is 0 Å². The zero-order valence-corrected chi connectivity index (χ0v) is 17.2. The molecule has 0 fully saturated rings. The van der Waals surface area contributed by atoms with Crippen LogP contribution in [0.1, 0.15) is 27.8 Å². The second-order valence-electron chi connectivity index (χ2n) is 6.85. The van der Waals surface area contributed by atoms with Crippen molar-refractivity contribution in [2.45, 2.75) is 12.4 Å². The third-order valence-electron chi connectivity index (χ3n) is 4.46. The maximum absolute atomic E-state index is 12.8. The lowest BCUT2D eigenvalue weighted by molar-refractivity contribution is -0.138. The summed E-state index contributed by atoms with van der Waals surface area (Å²) in [7, 11) is 0. The summed E-state index contributed by atoms with van der Waals surface area (Å²) in [6, 6.07) is 16.0. The van der Waals surface area contributed by atoms with E-state index in [1.807, 2.05) is 0 Å². The Bertz CT molecular complexity index is 1200. The Morgan fingerprint density at radius 1 is 0.676 bits per heavy atom. The highest BCUT2D eigenvalue weighted by molar-refractivity contribution is 6.11. The fourth-order valence-electron chi connectivity index (χ4n) is 2.69. The summed E-state index contributed by atoms with van der Waals surface area (Å²) in [4.78, 5) is 9.16. The quantitative estimate of drug-likeness (QED) is 0.214. The standard InChI is InChI=1S/C23H16F6N4O/c24-22(25,26)17-10-6-14(7-11-17)19(30)32-21(16-4-2-1-3-5-16)33-34-20(31)15-8-12-18(13-9-15)23(27,28)29/h1-13,31H,(H2,30,32,33). The second kappa shape index (κ2) is 9.77. The first-order chi connectivity index (χ1) is 15.9. The van der Waals surface area contributed by atoms with Crippen molar-refractivity contribution in [3.8, 4) is 0 Å². The topological polar surface area (TPSA) is 83.8 Å². The molecule has 0 bridgehead atoms. The molecule has 34 heavy (non-hydrogen) atoms. The van der Waals surface area contributed by atoms with E-state index in [2.05, 4.69) is 10.1 Å². The van der Waals surface area contributed by atoms with Gasteiger partial charge in [-0.2, -0.15) is 26.3 Å². The summed E-state index contributed by atoms with van der Waals surface area (Å²) in [6.07, 6.45) is -9.03. The summed E-state index contributed by atoms with van der Waals surface area (Å²) in [6.45, 7) is 0. The lowest BCUT2D eigenvalue weighted by Crippen LogP contribution is -2.17. The molecule has 0 aromatic heterocycles. The van der Waals surface area contributed by atoms with Gasteiger partial charge in [-0.25, -0.2) is 4.99 Å². The van der Waals surface area contributed by atoms with E-state index in [1.165, 1.54) is 0 Å². The highest BCUT2D eigenvalue weighted by Gasteiger charge is 2.31. The van der Waals surface area contributed by atoms with Crippen LogP contribution in [0.2, 0.25) is 0 Å². The molecule has 0 saturated heterocycles. The van der Waals surface area contributed by atoms with Crippen LogP contribution in [-0.2, 0) is 17.2 Å². The van der Waals surface area contributed by atoms with Gasteiger partial charge in [0.1, 0.15) is 5.84 Å². The Labute approximate surface area is 189 Å². The molecule has 0 amide bonds. The molecule has 3 aromatic rings. The minimum absolute atomic E-state index is 0.0313. The van der Waals surface area contributed by atoms with Crippen molar-refractivity contribution in [2.75, 3.05) is 0 Å². The van der Waals surface area contributed by atoms with Crippen molar-refractivity contribution in [1.29, 1.82) is 5.41 Å². The van der Waals surface area contributed by atoms with Crippen molar-refractivity contribution >= 4 is 17.6 Å². The number of rotatable bonds is 4. The lowest BCUT2D eigenvalue weighted by Gasteiger charge is -2.09. The van der Waals surface area contributed by atoms with Gasteiger partial charge < -0.3 is 10.6 Å². The molecule has 0 unspecified atom stereocenters. The van der Waals surface area contributed by atoms with E-state index in [0.717, 1.165) is 48.5 Å². The maximum Gasteiger partial charge on any atom is 0.416 e. The first-order valence-corrected chi connectivity index (χ1v) is 9.53. The Balaban J connectivity index is 1.87. The average molecular weight is 478 g/mol. The Morgan fingerprint density at radius 3 is 1.62 bits per heavy atom. The number of alkyl halides is 6. The number of hydrogen-bond acceptors (Lipinski definition) is 3. The molecule has 0 aliphatic heterocycles. The fraction of sp³-hybridized carbons (Fsp3) is 0.0870. The predicted molar refractivity (Wildman–Crippen MR) is 115 cm³/mol. The molecular formula is C23H16F6N4O. The van der Waals surface area contributed by atoms with Crippen molar-refractivity contribution in [3.05, 3.63) is 107 Å². The van der Waals surface area contributed by atoms with E-state index >= 15 is 0 Å². The van der Waals surface area contributed by atoms with E-state index in [0.29, 0.717) is 5.56 Å². The summed E-state index contributed by atoms with van der Waals surface area (Å²) in [5.41, 5.74) is 4.84. The number of halogens is 6. The van der Waals surface area contributed by atoms with Crippen LogP contribution in [0.4, 0.5) is 26.3 Å². The van der Waals surface area contributed by atoms with Crippen molar-refractivity contribution in [1.82, 2.24) is 0 Å². The maximum atomic E-state index is 12.8. The van der Waals surface area contributed by atoms with E-state index in [-0.39, 0.29) is 22.8 Å². The van der Waals surface area contributed by atoms with Gasteiger partial charge in [-0.3, -0.25) is 5.41 Å². The van der Waals surface area contributed by atoms with Gasteiger partial charge in [-0.05, 0) is 36.4 Å². The van der Waals surface area contributed by atoms with Gasteiger partial charge in [0.15, 0.2) is 0 Å². The van der Waals surface area contributed by atoms with Gasteiger partial charge >= 0.3 is 12.4 Å². The minimum atomic E-state index is -4.52. The molecule has 0 spiro atoms. The lowest BCUT2D eigenvalue weighted by atomic mass is 10.1. The molecule has 5 nitrogen and oxygen atoms in total. The average Bonchev–Trinajstić information content (AvgIpc) is 2.81. The minimum Gasteiger partial charge on any atom is -0.383 e. The largest absolute Gasteiger partial charge is 0.416 e. The third kappa shape index (κ3) is 6.21. The fourth-order valence-corrected chi connectivity index (χ4v) is 2.69. The van der Waals surface area contributed by atoms with Crippen molar-refractivity contribution < 1.29 is 31.2 Å². The van der Waals surface area contributed by atoms with Crippen LogP contribution in [0.25, 0.3) is 0 Å². The predicted octanol–water partition coefficient (Wildman–Crippen LogP) is 5.83. The monoisotopic (exact) mass is 478 g/mol. The Hall–Kier alpha value is -4.15. The second-order valence-corrected chi connectivity index (χ2v) is 6.85. The van der Waals surface area contributed by atoms with Crippen LogP contribution in [0.15, 0.2) is 89.0 Å².